The van der Waals surface area contributed by atoms with E-state index in [4.69, 9.17) is 4.74 Å². The van der Waals surface area contributed by atoms with Gasteiger partial charge in [-0.05, 0) is 47.7 Å². The van der Waals surface area contributed by atoms with Gasteiger partial charge in [0.2, 0.25) is 5.91 Å². The van der Waals surface area contributed by atoms with Crippen LogP contribution in [0.5, 0.6) is 0 Å². The lowest BCUT2D eigenvalue weighted by Gasteiger charge is -2.37. The van der Waals surface area contributed by atoms with Crippen molar-refractivity contribution >= 4 is 34.6 Å². The Balaban J connectivity index is 1.55. The molecule has 170 valence electrons. The molecule has 0 bridgehead atoms. The zero-order valence-corrected chi connectivity index (χ0v) is 18.7. The van der Waals surface area contributed by atoms with Crippen molar-refractivity contribution < 1.29 is 19.1 Å². The molecular formula is C26H27N3O4. The Labute approximate surface area is 192 Å². The molecule has 2 unspecified atom stereocenters. The normalized spacial score (nSPS) is 22.6. The second-order valence-electron chi connectivity index (χ2n) is 8.91. The van der Waals surface area contributed by atoms with E-state index < -0.39 is 0 Å². The quantitative estimate of drug-likeness (QED) is 0.679. The Morgan fingerprint density at radius 2 is 1.91 bits per heavy atom. The summed E-state index contributed by atoms with van der Waals surface area (Å²) in [4.78, 5) is 44.7. The summed E-state index contributed by atoms with van der Waals surface area (Å²) in [7, 11) is 0. The molecule has 2 fully saturated rings. The topological polar surface area (TPSA) is 79.8 Å². The van der Waals surface area contributed by atoms with Crippen molar-refractivity contribution in [3.8, 4) is 0 Å². The Kier molecular flexibility index (Phi) is 5.81. The molecule has 0 saturated carbocycles. The van der Waals surface area contributed by atoms with Crippen LogP contribution in [0, 0.1) is 11.8 Å². The highest BCUT2D eigenvalue weighted by molar-refractivity contribution is 6.02. The first kappa shape index (κ1) is 21.5. The smallest absolute Gasteiger partial charge is 0.254 e. The summed E-state index contributed by atoms with van der Waals surface area (Å²) in [6, 6.07) is 7.26. The number of benzene rings is 1. The molecule has 0 N–H and O–H groups in total. The number of fused-ring (bicyclic) bond motifs is 2. The average Bonchev–Trinajstić information content (AvgIpc) is 2.87. The zero-order valence-electron chi connectivity index (χ0n) is 18.7. The fourth-order valence-electron chi connectivity index (χ4n) is 5.02. The van der Waals surface area contributed by atoms with Crippen LogP contribution < -0.4 is 0 Å². The van der Waals surface area contributed by atoms with Gasteiger partial charge < -0.3 is 14.5 Å². The van der Waals surface area contributed by atoms with Crippen molar-refractivity contribution in [2.45, 2.75) is 13.3 Å². The third-order valence-corrected chi connectivity index (χ3v) is 6.88. The van der Waals surface area contributed by atoms with Crippen molar-refractivity contribution in [3.63, 3.8) is 0 Å². The van der Waals surface area contributed by atoms with Gasteiger partial charge in [0, 0.05) is 50.0 Å². The molecule has 2 aromatic rings. The number of ether oxygens (including phenoxy) is 1. The number of aldehydes is 1. The molecule has 3 aliphatic rings. The number of allylic oxidation sites excluding steroid dienone is 3. The number of likely N-dealkylation sites (tertiary alicyclic amines) is 1. The van der Waals surface area contributed by atoms with Crippen LogP contribution in [0.25, 0.3) is 16.5 Å². The molecule has 1 aromatic carbocycles. The van der Waals surface area contributed by atoms with Crippen LogP contribution in [-0.2, 0) is 9.53 Å². The first-order valence-corrected chi connectivity index (χ1v) is 11.5. The molecule has 7 heteroatoms. The number of carbonyl (C=O) groups excluding carboxylic acids is 3. The summed E-state index contributed by atoms with van der Waals surface area (Å²) in [6.45, 7) is 5.34. The second kappa shape index (κ2) is 8.90. The lowest BCUT2D eigenvalue weighted by atomic mass is 9.79. The van der Waals surface area contributed by atoms with Crippen molar-refractivity contribution in [2.24, 2.45) is 11.8 Å². The fourth-order valence-corrected chi connectivity index (χ4v) is 5.02. The van der Waals surface area contributed by atoms with E-state index >= 15 is 0 Å². The molecule has 2 saturated heterocycles. The van der Waals surface area contributed by atoms with E-state index in [1.54, 1.807) is 24.0 Å². The third-order valence-electron chi connectivity index (χ3n) is 6.88. The largest absolute Gasteiger partial charge is 0.378 e. The summed E-state index contributed by atoms with van der Waals surface area (Å²) in [5.74, 6) is 0.704. The molecule has 2 atom stereocenters. The van der Waals surface area contributed by atoms with Gasteiger partial charge in [0.05, 0.1) is 18.7 Å². The fraction of sp³-hybridized carbons (Fsp3) is 0.385. The highest BCUT2D eigenvalue weighted by atomic mass is 16.5. The number of piperidine rings is 1. The van der Waals surface area contributed by atoms with E-state index in [9.17, 15) is 14.4 Å². The van der Waals surface area contributed by atoms with Crippen molar-refractivity contribution in [1.29, 1.82) is 0 Å². The van der Waals surface area contributed by atoms with Crippen LogP contribution in [0.4, 0.5) is 0 Å². The maximum absolute atomic E-state index is 13.1. The Morgan fingerprint density at radius 1 is 1.09 bits per heavy atom. The minimum absolute atomic E-state index is 0.0248. The number of nitrogens with zero attached hydrogens (tertiary/aromatic N) is 3. The van der Waals surface area contributed by atoms with E-state index in [0.717, 1.165) is 35.8 Å². The van der Waals surface area contributed by atoms with Crippen LogP contribution in [0.15, 0.2) is 42.5 Å². The zero-order chi connectivity index (χ0) is 22.9. The lowest BCUT2D eigenvalue weighted by Crippen LogP contribution is -2.42. The van der Waals surface area contributed by atoms with Crippen LogP contribution in [0.1, 0.15) is 39.8 Å². The second-order valence-corrected chi connectivity index (χ2v) is 8.91. The Morgan fingerprint density at radius 3 is 2.67 bits per heavy atom. The molecule has 7 nitrogen and oxygen atoms in total. The number of hydrogen-bond donors (Lipinski definition) is 0. The van der Waals surface area contributed by atoms with Gasteiger partial charge in [0.1, 0.15) is 5.69 Å². The van der Waals surface area contributed by atoms with Crippen molar-refractivity contribution in [3.05, 3.63) is 59.3 Å². The monoisotopic (exact) mass is 445 g/mol. The van der Waals surface area contributed by atoms with Gasteiger partial charge >= 0.3 is 0 Å². The van der Waals surface area contributed by atoms with Crippen molar-refractivity contribution in [1.82, 2.24) is 14.8 Å². The number of amides is 2. The van der Waals surface area contributed by atoms with E-state index in [-0.39, 0.29) is 17.7 Å². The first-order chi connectivity index (χ1) is 16.0. The number of pyridine rings is 1. The summed E-state index contributed by atoms with van der Waals surface area (Å²) < 4.78 is 5.37. The molecule has 5 rings (SSSR count). The summed E-state index contributed by atoms with van der Waals surface area (Å²) >= 11 is 0. The molecule has 1 aliphatic carbocycles. The van der Waals surface area contributed by atoms with Gasteiger partial charge in [-0.1, -0.05) is 18.2 Å². The summed E-state index contributed by atoms with van der Waals surface area (Å²) in [5, 5.41) is 0.841. The number of rotatable bonds is 3. The predicted molar refractivity (Wildman–Crippen MR) is 125 cm³/mol. The van der Waals surface area contributed by atoms with E-state index in [1.807, 2.05) is 17.0 Å². The SMILES string of the molecule is CC(=O)N1CCC2C=CC(c3cc(C=O)nc4ccc(C(=O)N5CCOCC5)cc34)=CC2C1. The van der Waals surface area contributed by atoms with Gasteiger partial charge in [-0.2, -0.15) is 0 Å². The van der Waals surface area contributed by atoms with E-state index in [2.05, 4.69) is 23.2 Å². The van der Waals surface area contributed by atoms with Crippen LogP contribution >= 0.6 is 0 Å². The van der Waals surface area contributed by atoms with Gasteiger partial charge in [-0.15, -0.1) is 0 Å². The maximum atomic E-state index is 13.1. The molecule has 0 spiro atoms. The summed E-state index contributed by atoms with van der Waals surface area (Å²) in [6.07, 6.45) is 8.22. The third kappa shape index (κ3) is 4.20. The lowest BCUT2D eigenvalue weighted by molar-refractivity contribution is -0.130. The molecule has 0 radical (unpaired) electrons. The predicted octanol–water partition coefficient (Wildman–Crippen LogP) is 2.96. The van der Waals surface area contributed by atoms with Crippen LogP contribution in [0.3, 0.4) is 0 Å². The molecule has 1 aromatic heterocycles. The molecule has 2 aliphatic heterocycles. The van der Waals surface area contributed by atoms with Crippen LogP contribution in [0.2, 0.25) is 0 Å². The average molecular weight is 446 g/mol. The highest BCUT2D eigenvalue weighted by Crippen LogP contribution is 2.36. The minimum Gasteiger partial charge on any atom is -0.378 e. The van der Waals surface area contributed by atoms with Crippen LogP contribution in [-0.4, -0.2) is 72.3 Å². The standard InChI is InChI=1S/C26H27N3O4/c1-17(31)29-7-6-18-2-3-19(12-21(18)15-29)23-14-22(16-30)27-25-5-4-20(13-24(23)25)26(32)28-8-10-33-11-9-28/h2-5,12-14,16,18,21H,6-11,15H2,1H3. The number of carbonyl (C=O) groups is 3. The summed E-state index contributed by atoms with van der Waals surface area (Å²) in [5.41, 5.74) is 3.51. The minimum atomic E-state index is -0.0248. The Hall–Kier alpha value is -3.32. The Bertz CT molecular complexity index is 1180. The first-order valence-electron chi connectivity index (χ1n) is 11.5. The van der Waals surface area contributed by atoms with E-state index in [0.29, 0.717) is 55.5 Å². The van der Waals surface area contributed by atoms with Gasteiger partial charge in [0.25, 0.3) is 5.91 Å². The number of hydrogen-bond acceptors (Lipinski definition) is 5. The number of aromatic nitrogens is 1. The van der Waals surface area contributed by atoms with Gasteiger partial charge in [-0.3, -0.25) is 14.4 Å². The van der Waals surface area contributed by atoms with Crippen molar-refractivity contribution in [2.75, 3.05) is 39.4 Å². The maximum Gasteiger partial charge on any atom is 0.254 e. The molecule has 3 heterocycles. The molecule has 33 heavy (non-hydrogen) atoms. The molecule has 2 amide bonds. The number of morpholine rings is 1. The highest BCUT2D eigenvalue weighted by Gasteiger charge is 2.30. The van der Waals surface area contributed by atoms with Gasteiger partial charge in [0.15, 0.2) is 6.29 Å². The van der Waals surface area contributed by atoms with E-state index in [1.165, 1.54) is 0 Å². The van der Waals surface area contributed by atoms with Gasteiger partial charge in [-0.25, -0.2) is 4.98 Å². The molecular weight excluding hydrogens is 418 g/mol.